The van der Waals surface area contributed by atoms with Gasteiger partial charge >= 0.3 is 12.3 Å². The maximum atomic E-state index is 12.1. The number of aryl methyl sites for hydroxylation is 1. The third-order valence-corrected chi connectivity index (χ3v) is 7.84. The Morgan fingerprint density at radius 2 is 1.23 bits per heavy atom. The molecule has 0 aromatic heterocycles. The van der Waals surface area contributed by atoms with Crippen LogP contribution in [-0.2, 0) is 34.8 Å². The number of hydrogen-bond donors (Lipinski definition) is 0. The molecule has 0 amide bonds. The molecule has 2 atom stereocenters. The molecule has 8 heteroatoms. The maximum Gasteiger partial charge on any atom is 0.510 e. The van der Waals surface area contributed by atoms with Gasteiger partial charge in [-0.1, -0.05) is 109 Å². The number of carbonyl (C=O) groups excluding carboxylic acids is 2. The second-order valence-corrected chi connectivity index (χ2v) is 11.1. The van der Waals surface area contributed by atoms with Gasteiger partial charge in [-0.3, -0.25) is 0 Å². The Kier molecular flexibility index (Phi) is 14.6. The topological polar surface area (TPSA) is 89.5 Å². The van der Waals surface area contributed by atoms with Gasteiger partial charge in [0.1, 0.15) is 0 Å². The molecule has 0 bridgehead atoms. The van der Waals surface area contributed by atoms with Crippen molar-refractivity contribution in [1.82, 2.24) is 0 Å². The summed E-state index contributed by atoms with van der Waals surface area (Å²) in [4.78, 5) is 24.2. The first-order chi connectivity index (χ1) is 19.5. The van der Waals surface area contributed by atoms with Crippen molar-refractivity contribution in [2.24, 2.45) is 11.8 Å². The van der Waals surface area contributed by atoms with Gasteiger partial charge in [0.25, 0.3) is 12.6 Å². The van der Waals surface area contributed by atoms with Crippen LogP contribution in [0.4, 0.5) is 9.59 Å². The van der Waals surface area contributed by atoms with Crippen LogP contribution in [0.3, 0.4) is 0 Å². The van der Waals surface area contributed by atoms with Crippen molar-refractivity contribution >= 4 is 12.3 Å². The lowest BCUT2D eigenvalue weighted by atomic mass is 9.78. The summed E-state index contributed by atoms with van der Waals surface area (Å²) in [6.45, 7) is 6.75. The second-order valence-electron chi connectivity index (χ2n) is 11.1. The van der Waals surface area contributed by atoms with Crippen LogP contribution < -0.4 is 0 Å². The van der Waals surface area contributed by atoms with Gasteiger partial charge in [-0.15, -0.1) is 0 Å². The molecule has 1 saturated heterocycles. The van der Waals surface area contributed by atoms with Crippen molar-refractivity contribution in [2.45, 2.75) is 130 Å². The van der Waals surface area contributed by atoms with E-state index < -0.39 is 31.2 Å². The average Bonchev–Trinajstić information content (AvgIpc) is 3.34. The number of carbonyl (C=O) groups is 2. The zero-order chi connectivity index (χ0) is 28.6. The molecule has 1 aliphatic carbocycles. The van der Waals surface area contributed by atoms with E-state index in [1.54, 1.807) is 0 Å². The molecule has 40 heavy (non-hydrogen) atoms. The largest absolute Gasteiger partial charge is 0.510 e. The Labute approximate surface area is 240 Å². The van der Waals surface area contributed by atoms with E-state index in [9.17, 15) is 9.59 Å². The van der Waals surface area contributed by atoms with Gasteiger partial charge in [-0.05, 0) is 43.1 Å². The lowest BCUT2D eigenvalue weighted by molar-refractivity contribution is -0.159. The van der Waals surface area contributed by atoms with E-state index in [0.29, 0.717) is 0 Å². The molecule has 2 aliphatic rings. The normalized spacial score (nSPS) is 23.1. The molecular weight excluding hydrogens is 512 g/mol. The Morgan fingerprint density at radius 1 is 0.700 bits per heavy atom. The first-order valence-electron chi connectivity index (χ1n) is 15.6. The van der Waals surface area contributed by atoms with Crippen LogP contribution in [0, 0.1) is 11.8 Å². The molecule has 1 heterocycles. The van der Waals surface area contributed by atoms with Crippen LogP contribution in [0.2, 0.25) is 0 Å². The summed E-state index contributed by atoms with van der Waals surface area (Å²) in [6, 6.07) is 8.02. The van der Waals surface area contributed by atoms with Gasteiger partial charge in [0.05, 0.1) is 13.2 Å². The molecule has 1 aliphatic heterocycles. The van der Waals surface area contributed by atoms with Crippen molar-refractivity contribution in [3.8, 4) is 0 Å². The zero-order valence-electron chi connectivity index (χ0n) is 24.8. The molecule has 2 fully saturated rings. The maximum absolute atomic E-state index is 12.1. The third kappa shape index (κ3) is 11.3. The molecule has 1 aromatic rings. The minimum atomic E-state index is -1.27. The van der Waals surface area contributed by atoms with Gasteiger partial charge < -0.3 is 28.4 Å². The Hall–Kier alpha value is -2.32. The number of rotatable bonds is 16. The van der Waals surface area contributed by atoms with E-state index in [4.69, 9.17) is 28.4 Å². The van der Waals surface area contributed by atoms with E-state index in [0.717, 1.165) is 49.5 Å². The van der Waals surface area contributed by atoms with E-state index in [-0.39, 0.29) is 13.2 Å². The molecule has 0 unspecified atom stereocenters. The Morgan fingerprint density at radius 3 is 1.73 bits per heavy atom. The van der Waals surface area contributed by atoms with Crippen LogP contribution in [0.5, 0.6) is 0 Å². The van der Waals surface area contributed by atoms with Gasteiger partial charge in [-0.25, -0.2) is 9.59 Å². The lowest BCUT2D eigenvalue weighted by Crippen LogP contribution is -2.33. The standard InChI is InChI=1S/C32H50O8/c1-4-7-22-35-31(33)39-29-30(40-32(34)36-23-8-5-2)38-28(37-29)27-20-18-26(19-21-27)13-10-9-12-25-16-14-24(11-6-3)15-17-25/h18-21,24-25,28-30H,4-17,22-23H2,1-3H3/t24-,25-,29-,30-/m1/s1. The highest BCUT2D eigenvalue weighted by molar-refractivity contribution is 5.61. The molecule has 8 nitrogen and oxygen atoms in total. The van der Waals surface area contributed by atoms with Gasteiger partial charge in [0, 0.05) is 5.56 Å². The monoisotopic (exact) mass is 562 g/mol. The molecule has 1 aromatic carbocycles. The highest BCUT2D eigenvalue weighted by Crippen LogP contribution is 2.35. The van der Waals surface area contributed by atoms with Crippen LogP contribution in [0.25, 0.3) is 0 Å². The van der Waals surface area contributed by atoms with Crippen LogP contribution in [0.15, 0.2) is 24.3 Å². The molecular formula is C32H50O8. The summed E-state index contributed by atoms with van der Waals surface area (Å²) in [5, 5.41) is 0. The fourth-order valence-electron chi connectivity index (χ4n) is 5.41. The van der Waals surface area contributed by atoms with Crippen molar-refractivity contribution < 1.29 is 38.0 Å². The van der Waals surface area contributed by atoms with Gasteiger partial charge in [0.2, 0.25) is 0 Å². The minimum absolute atomic E-state index is 0.235. The third-order valence-electron chi connectivity index (χ3n) is 7.84. The highest BCUT2D eigenvalue weighted by atomic mass is 16.9. The molecule has 0 N–H and O–H groups in total. The summed E-state index contributed by atoms with van der Waals surface area (Å²) in [7, 11) is 0. The molecule has 0 spiro atoms. The van der Waals surface area contributed by atoms with Gasteiger partial charge in [-0.2, -0.15) is 0 Å². The molecule has 3 rings (SSSR count). The molecule has 1 saturated carbocycles. The number of ether oxygens (including phenoxy) is 6. The van der Waals surface area contributed by atoms with Crippen molar-refractivity contribution in [3.05, 3.63) is 35.4 Å². The zero-order valence-corrected chi connectivity index (χ0v) is 24.8. The van der Waals surface area contributed by atoms with Crippen LogP contribution in [0.1, 0.15) is 122 Å². The lowest BCUT2D eigenvalue weighted by Gasteiger charge is -2.28. The highest BCUT2D eigenvalue weighted by Gasteiger charge is 2.43. The predicted molar refractivity (Wildman–Crippen MR) is 152 cm³/mol. The van der Waals surface area contributed by atoms with Gasteiger partial charge in [0.15, 0.2) is 6.29 Å². The summed E-state index contributed by atoms with van der Waals surface area (Å²) in [5.41, 5.74) is 2.00. The first-order valence-corrected chi connectivity index (χ1v) is 15.6. The smallest absolute Gasteiger partial charge is 0.434 e. The Balaban J connectivity index is 1.46. The summed E-state index contributed by atoms with van der Waals surface area (Å²) in [5.74, 6) is 1.88. The van der Waals surface area contributed by atoms with E-state index in [1.807, 2.05) is 26.0 Å². The predicted octanol–water partition coefficient (Wildman–Crippen LogP) is 8.61. The van der Waals surface area contributed by atoms with E-state index >= 15 is 0 Å². The Bertz CT molecular complexity index is 817. The van der Waals surface area contributed by atoms with Crippen molar-refractivity contribution in [3.63, 3.8) is 0 Å². The number of hydrogen-bond acceptors (Lipinski definition) is 8. The molecule has 0 radical (unpaired) electrons. The molecule has 226 valence electrons. The van der Waals surface area contributed by atoms with Crippen molar-refractivity contribution in [2.75, 3.05) is 13.2 Å². The van der Waals surface area contributed by atoms with Crippen LogP contribution >= 0.6 is 0 Å². The quantitative estimate of drug-likeness (QED) is 0.146. The van der Waals surface area contributed by atoms with E-state index in [2.05, 4.69) is 19.1 Å². The fraction of sp³-hybridized carbons (Fsp3) is 0.750. The number of unbranched alkanes of at least 4 members (excludes halogenated alkanes) is 3. The summed E-state index contributed by atoms with van der Waals surface area (Å²) >= 11 is 0. The van der Waals surface area contributed by atoms with Crippen LogP contribution in [-0.4, -0.2) is 38.1 Å². The number of benzene rings is 1. The van der Waals surface area contributed by atoms with Crippen molar-refractivity contribution in [1.29, 1.82) is 0 Å². The average molecular weight is 563 g/mol. The van der Waals surface area contributed by atoms with E-state index in [1.165, 1.54) is 63.4 Å². The summed E-state index contributed by atoms with van der Waals surface area (Å²) < 4.78 is 32.3. The first kappa shape index (κ1) is 32.2. The fourth-order valence-corrected chi connectivity index (χ4v) is 5.41. The SMILES string of the molecule is CCCCOC(=O)O[C@H]1OC(c2ccc(CCCC[C@H]3CC[C@H](CCC)CC3)cc2)O[C@@H]1OC(=O)OCCCC. The second kappa shape index (κ2) is 18.2. The minimum Gasteiger partial charge on any atom is -0.434 e. The summed E-state index contributed by atoms with van der Waals surface area (Å²) in [6.07, 6.45) is 11.2.